The van der Waals surface area contributed by atoms with Gasteiger partial charge in [0.2, 0.25) is 20.0 Å². The molecule has 0 saturated carbocycles. The smallest absolute Gasteiger partial charge is 0.240 e. The van der Waals surface area contributed by atoms with Crippen molar-refractivity contribution in [2.75, 3.05) is 13.1 Å². The largest absolute Gasteiger partial charge is 0.314 e. The van der Waals surface area contributed by atoms with Crippen LogP contribution in [-0.4, -0.2) is 42.0 Å². The van der Waals surface area contributed by atoms with E-state index in [0.717, 1.165) is 5.56 Å². The van der Waals surface area contributed by atoms with Gasteiger partial charge in [0.15, 0.2) is 0 Å². The number of benzene rings is 2. The van der Waals surface area contributed by atoms with E-state index in [1.165, 1.54) is 0 Å². The van der Waals surface area contributed by atoms with Gasteiger partial charge in [-0.1, -0.05) is 49.7 Å². The molecule has 0 radical (unpaired) electrons. The lowest BCUT2D eigenvalue weighted by Gasteiger charge is -2.24. The molecule has 0 spiro atoms. The Balaban J connectivity index is 1.91. The molecule has 9 heteroatoms. The second-order valence-corrected chi connectivity index (χ2v) is 11.2. The van der Waals surface area contributed by atoms with Crippen molar-refractivity contribution in [1.82, 2.24) is 14.8 Å². The van der Waals surface area contributed by atoms with Gasteiger partial charge in [0.25, 0.3) is 0 Å². The zero-order valence-electron chi connectivity index (χ0n) is 17.8. The lowest BCUT2D eigenvalue weighted by Crippen LogP contribution is -2.48. The summed E-state index contributed by atoms with van der Waals surface area (Å²) in [6.07, 6.45) is 0. The molecule has 0 unspecified atom stereocenters. The van der Waals surface area contributed by atoms with Gasteiger partial charge in [0, 0.05) is 25.2 Å². The Labute approximate surface area is 180 Å². The highest BCUT2D eigenvalue weighted by Crippen LogP contribution is 2.12. The second-order valence-electron chi connectivity index (χ2n) is 7.78. The Hall–Kier alpha value is -1.78. The summed E-state index contributed by atoms with van der Waals surface area (Å²) in [5.74, 6) is 0.0514. The molecule has 0 heterocycles. The summed E-state index contributed by atoms with van der Waals surface area (Å²) in [7, 11) is -7.23. The highest BCUT2D eigenvalue weighted by molar-refractivity contribution is 7.89. The van der Waals surface area contributed by atoms with Crippen LogP contribution in [0.2, 0.25) is 0 Å². The minimum Gasteiger partial charge on any atom is -0.314 e. The predicted molar refractivity (Wildman–Crippen MR) is 119 cm³/mol. The van der Waals surface area contributed by atoms with Crippen LogP contribution >= 0.6 is 0 Å². The maximum absolute atomic E-state index is 12.6. The molecular weight excluding hydrogens is 422 g/mol. The van der Waals surface area contributed by atoms with Crippen molar-refractivity contribution in [1.29, 1.82) is 0 Å². The molecule has 0 bridgehead atoms. The SMILES string of the molecule is Cc1ccc(S(=O)(=O)N[C@@H](C)CNC[C@@H](NS(=O)(=O)c2ccccc2)C(C)C)cc1. The molecule has 166 valence electrons. The van der Waals surface area contributed by atoms with Crippen LogP contribution < -0.4 is 14.8 Å². The standard InChI is InChI=1S/C21H31N3O4S2/c1-16(2)21(24-30(27,28)19-8-6-5-7-9-19)15-22-14-18(4)23-29(25,26)20-12-10-17(3)11-13-20/h5-13,16,18,21-24H,14-15H2,1-4H3/t18-,21+/m0/s1. The van der Waals surface area contributed by atoms with Crippen molar-refractivity contribution in [3.63, 3.8) is 0 Å². The summed E-state index contributed by atoms with van der Waals surface area (Å²) in [5.41, 5.74) is 0.987. The fourth-order valence-electron chi connectivity index (χ4n) is 2.83. The van der Waals surface area contributed by atoms with Gasteiger partial charge < -0.3 is 5.32 Å². The molecule has 30 heavy (non-hydrogen) atoms. The zero-order chi connectivity index (χ0) is 22.4. The minimum atomic E-state index is -3.63. The van der Waals surface area contributed by atoms with E-state index in [4.69, 9.17) is 0 Å². The van der Waals surface area contributed by atoms with Gasteiger partial charge in [-0.3, -0.25) is 0 Å². The first-order valence-corrected chi connectivity index (χ1v) is 12.8. The third kappa shape index (κ3) is 7.17. The summed E-state index contributed by atoms with van der Waals surface area (Å²) in [6.45, 7) is 8.26. The van der Waals surface area contributed by atoms with Crippen molar-refractivity contribution >= 4 is 20.0 Å². The third-order valence-electron chi connectivity index (χ3n) is 4.67. The molecule has 2 atom stereocenters. The minimum absolute atomic E-state index is 0.0514. The molecular formula is C21H31N3O4S2. The lowest BCUT2D eigenvalue weighted by atomic mass is 10.1. The maximum atomic E-state index is 12.6. The normalized spacial score (nSPS) is 14.6. The first kappa shape index (κ1) is 24.5. The lowest BCUT2D eigenvalue weighted by molar-refractivity contribution is 0.414. The number of sulfonamides is 2. The van der Waals surface area contributed by atoms with Crippen LogP contribution in [0.4, 0.5) is 0 Å². The number of hydrogen-bond acceptors (Lipinski definition) is 5. The van der Waals surface area contributed by atoms with Crippen LogP contribution in [0.5, 0.6) is 0 Å². The van der Waals surface area contributed by atoms with Crippen molar-refractivity contribution in [3.8, 4) is 0 Å². The first-order chi connectivity index (χ1) is 14.0. The van der Waals surface area contributed by atoms with Gasteiger partial charge in [0.1, 0.15) is 0 Å². The molecule has 2 aromatic rings. The molecule has 0 aromatic heterocycles. The number of aryl methyl sites for hydroxylation is 1. The van der Waals surface area contributed by atoms with Gasteiger partial charge in [-0.15, -0.1) is 0 Å². The Morgan fingerprint density at radius 3 is 1.83 bits per heavy atom. The molecule has 3 N–H and O–H groups in total. The second kappa shape index (κ2) is 10.5. The molecule has 0 aliphatic carbocycles. The molecule has 7 nitrogen and oxygen atoms in total. The summed E-state index contributed by atoms with van der Waals surface area (Å²) < 4.78 is 55.5. The Morgan fingerprint density at radius 1 is 0.733 bits per heavy atom. The van der Waals surface area contributed by atoms with E-state index in [-0.39, 0.29) is 27.8 Å². The number of nitrogens with one attached hydrogen (secondary N) is 3. The van der Waals surface area contributed by atoms with E-state index in [9.17, 15) is 16.8 Å². The number of hydrogen-bond donors (Lipinski definition) is 3. The van der Waals surface area contributed by atoms with Crippen molar-refractivity contribution < 1.29 is 16.8 Å². The van der Waals surface area contributed by atoms with Crippen LogP contribution in [0.1, 0.15) is 26.3 Å². The summed E-state index contributed by atoms with van der Waals surface area (Å²) in [4.78, 5) is 0.436. The monoisotopic (exact) mass is 453 g/mol. The van der Waals surface area contributed by atoms with Crippen LogP contribution in [-0.2, 0) is 20.0 Å². The highest BCUT2D eigenvalue weighted by atomic mass is 32.2. The van der Waals surface area contributed by atoms with Crippen molar-refractivity contribution in [2.24, 2.45) is 5.92 Å². The van der Waals surface area contributed by atoms with Crippen LogP contribution in [0.25, 0.3) is 0 Å². The summed E-state index contributed by atoms with van der Waals surface area (Å²) in [5, 5.41) is 3.17. The molecule has 2 aromatic carbocycles. The first-order valence-electron chi connectivity index (χ1n) is 9.88. The fourth-order valence-corrected chi connectivity index (χ4v) is 5.48. The van der Waals surface area contributed by atoms with Gasteiger partial charge >= 0.3 is 0 Å². The van der Waals surface area contributed by atoms with Crippen LogP contribution in [0.3, 0.4) is 0 Å². The van der Waals surface area contributed by atoms with Crippen LogP contribution in [0, 0.1) is 12.8 Å². The predicted octanol–water partition coefficient (Wildman–Crippen LogP) is 2.25. The molecule has 2 rings (SSSR count). The average molecular weight is 454 g/mol. The molecule has 0 fully saturated rings. The van der Waals surface area contributed by atoms with Crippen molar-refractivity contribution in [2.45, 2.75) is 49.6 Å². The van der Waals surface area contributed by atoms with Crippen LogP contribution in [0.15, 0.2) is 64.4 Å². The van der Waals surface area contributed by atoms with E-state index < -0.39 is 20.0 Å². The van der Waals surface area contributed by atoms with Gasteiger partial charge in [-0.25, -0.2) is 26.3 Å². The third-order valence-corrected chi connectivity index (χ3v) is 7.78. The molecule has 0 aliphatic rings. The van der Waals surface area contributed by atoms with Gasteiger partial charge in [-0.05, 0) is 44.0 Å². The fraction of sp³-hybridized carbons (Fsp3) is 0.429. The van der Waals surface area contributed by atoms with Gasteiger partial charge in [-0.2, -0.15) is 0 Å². The van der Waals surface area contributed by atoms with E-state index in [1.807, 2.05) is 20.8 Å². The Bertz CT molecular complexity index is 1010. The van der Waals surface area contributed by atoms with E-state index in [2.05, 4.69) is 14.8 Å². The summed E-state index contributed by atoms with van der Waals surface area (Å²) >= 11 is 0. The Kier molecular flexibility index (Phi) is 8.57. The number of rotatable bonds is 11. The van der Waals surface area contributed by atoms with E-state index >= 15 is 0 Å². The highest BCUT2D eigenvalue weighted by Gasteiger charge is 2.23. The maximum Gasteiger partial charge on any atom is 0.240 e. The van der Waals surface area contributed by atoms with E-state index in [1.54, 1.807) is 61.5 Å². The van der Waals surface area contributed by atoms with E-state index in [0.29, 0.717) is 13.1 Å². The Morgan fingerprint density at radius 2 is 1.27 bits per heavy atom. The quantitative estimate of drug-likeness (QED) is 0.484. The topological polar surface area (TPSA) is 104 Å². The van der Waals surface area contributed by atoms with Gasteiger partial charge in [0.05, 0.1) is 9.79 Å². The average Bonchev–Trinajstić information content (AvgIpc) is 2.67. The molecule has 0 aliphatic heterocycles. The molecule has 0 amide bonds. The van der Waals surface area contributed by atoms with Crippen molar-refractivity contribution in [3.05, 3.63) is 60.2 Å². The molecule has 0 saturated heterocycles. The summed E-state index contributed by atoms with van der Waals surface area (Å²) in [6, 6.07) is 14.2. The zero-order valence-corrected chi connectivity index (χ0v) is 19.4.